The van der Waals surface area contributed by atoms with Crippen molar-refractivity contribution in [2.45, 2.75) is 142 Å². The van der Waals surface area contributed by atoms with E-state index in [0.29, 0.717) is 6.61 Å². The summed E-state index contributed by atoms with van der Waals surface area (Å²) in [6.07, 6.45) is 20.8. The molecule has 0 radical (unpaired) electrons. The lowest BCUT2D eigenvalue weighted by atomic mass is 10.00. The number of hydrogen-bond donors (Lipinski definition) is 2. The van der Waals surface area contributed by atoms with E-state index in [9.17, 15) is 14.3 Å². The quantitative estimate of drug-likeness (QED) is 0.0538. The Bertz CT molecular complexity index is 579. The van der Waals surface area contributed by atoms with Crippen LogP contribution in [0, 0.1) is 5.92 Å². The molecule has 3 N–H and O–H groups in total. The average molecular weight is 566 g/mol. The van der Waals surface area contributed by atoms with Crippen molar-refractivity contribution < 1.29 is 32.8 Å². The van der Waals surface area contributed by atoms with Gasteiger partial charge in [0.1, 0.15) is 12.7 Å². The number of carbonyl (C=O) groups is 1. The molecule has 9 heteroatoms. The van der Waals surface area contributed by atoms with E-state index in [2.05, 4.69) is 13.8 Å². The van der Waals surface area contributed by atoms with Crippen LogP contribution >= 0.6 is 7.82 Å². The second-order valence-corrected chi connectivity index (χ2v) is 11.8. The number of rotatable bonds is 29. The minimum absolute atomic E-state index is 0.0169. The first kappa shape index (κ1) is 37.5. The van der Waals surface area contributed by atoms with Gasteiger partial charge in [0.15, 0.2) is 0 Å². The van der Waals surface area contributed by atoms with Crippen molar-refractivity contribution in [2.24, 2.45) is 11.7 Å². The van der Waals surface area contributed by atoms with Crippen LogP contribution in [0.2, 0.25) is 0 Å². The van der Waals surface area contributed by atoms with Crippen LogP contribution in [0.5, 0.6) is 0 Å². The topological polar surface area (TPSA) is 117 Å². The number of nitrogens with two attached hydrogens (primary N) is 1. The summed E-state index contributed by atoms with van der Waals surface area (Å²) in [5, 5.41) is 0. The van der Waals surface area contributed by atoms with E-state index >= 15 is 0 Å². The number of ether oxygens (including phenoxy) is 2. The molecule has 0 aromatic rings. The molecule has 0 aliphatic carbocycles. The Morgan fingerprint density at radius 1 is 0.737 bits per heavy atom. The fraction of sp³-hybridized carbons (Fsp3) is 0.966. The first-order chi connectivity index (χ1) is 18.4. The van der Waals surface area contributed by atoms with Gasteiger partial charge in [0, 0.05) is 13.2 Å². The Kier molecular flexibility index (Phi) is 26.4. The van der Waals surface area contributed by atoms with Crippen molar-refractivity contribution in [3.63, 3.8) is 0 Å². The molecule has 0 aliphatic rings. The van der Waals surface area contributed by atoms with E-state index in [1.807, 2.05) is 6.92 Å². The van der Waals surface area contributed by atoms with E-state index in [1.54, 1.807) is 0 Å². The van der Waals surface area contributed by atoms with Crippen LogP contribution in [0.4, 0.5) is 0 Å². The number of hydrogen-bond acceptors (Lipinski definition) is 7. The van der Waals surface area contributed by atoms with Crippen molar-refractivity contribution in [3.8, 4) is 0 Å². The molecule has 38 heavy (non-hydrogen) atoms. The van der Waals surface area contributed by atoms with Crippen molar-refractivity contribution in [1.82, 2.24) is 0 Å². The molecule has 0 bridgehead atoms. The zero-order chi connectivity index (χ0) is 28.3. The highest BCUT2D eigenvalue weighted by molar-refractivity contribution is 7.47. The predicted octanol–water partition coefficient (Wildman–Crippen LogP) is 7.70. The van der Waals surface area contributed by atoms with E-state index in [4.69, 9.17) is 24.3 Å². The van der Waals surface area contributed by atoms with Gasteiger partial charge in [-0.2, -0.15) is 0 Å². The van der Waals surface area contributed by atoms with Crippen LogP contribution in [-0.4, -0.2) is 49.9 Å². The standard InChI is InChI=1S/C29H60NO7P/c1-4-7-9-10-11-12-13-14-15-16-17-18-19-20-23-34-28(26-37-38(32,33)36-24-22-30)25-35-29(31)27(6-3)21-8-5-2/h27-28H,4-26,30H2,1-3H3,(H,32,33)/t27?,28-/m1/s1. The zero-order valence-electron chi connectivity index (χ0n) is 24.8. The van der Waals surface area contributed by atoms with Gasteiger partial charge in [-0.05, 0) is 19.3 Å². The molecule has 2 unspecified atom stereocenters. The number of phosphoric ester groups is 1. The first-order valence-corrected chi connectivity index (χ1v) is 17.0. The smallest absolute Gasteiger partial charge is 0.463 e. The van der Waals surface area contributed by atoms with E-state index < -0.39 is 13.9 Å². The molecule has 228 valence electrons. The normalized spacial score (nSPS) is 14.8. The fourth-order valence-electron chi connectivity index (χ4n) is 4.31. The summed E-state index contributed by atoms with van der Waals surface area (Å²) in [4.78, 5) is 22.3. The highest BCUT2D eigenvalue weighted by atomic mass is 31.2. The third-order valence-electron chi connectivity index (χ3n) is 6.79. The molecule has 3 atom stereocenters. The van der Waals surface area contributed by atoms with Crippen LogP contribution in [0.1, 0.15) is 136 Å². The molecule has 0 heterocycles. The van der Waals surface area contributed by atoms with Gasteiger partial charge in [-0.15, -0.1) is 0 Å². The van der Waals surface area contributed by atoms with Crippen molar-refractivity contribution >= 4 is 13.8 Å². The number of unbranched alkanes of at least 4 members (excludes halogenated alkanes) is 14. The Hall–Kier alpha value is -0.500. The van der Waals surface area contributed by atoms with Gasteiger partial charge in [0.05, 0.1) is 19.1 Å². The molecule has 0 saturated heterocycles. The van der Waals surface area contributed by atoms with Gasteiger partial charge < -0.3 is 20.1 Å². The molecular formula is C29H60NO7P. The first-order valence-electron chi connectivity index (χ1n) is 15.5. The summed E-state index contributed by atoms with van der Waals surface area (Å²) < 4.78 is 33.2. The fourth-order valence-corrected chi connectivity index (χ4v) is 5.07. The molecule has 0 aromatic heterocycles. The summed E-state index contributed by atoms with van der Waals surface area (Å²) in [6, 6.07) is 0. The second kappa shape index (κ2) is 26.7. The average Bonchev–Trinajstić information content (AvgIpc) is 2.91. The van der Waals surface area contributed by atoms with Gasteiger partial charge in [-0.3, -0.25) is 13.8 Å². The SMILES string of the molecule is CCCCCCCCCCCCCCCCO[C@H](COC(=O)C(CC)CCCC)COP(=O)(O)OCCN. The summed E-state index contributed by atoms with van der Waals surface area (Å²) >= 11 is 0. The van der Waals surface area contributed by atoms with Crippen LogP contribution in [0.3, 0.4) is 0 Å². The second-order valence-electron chi connectivity index (χ2n) is 10.4. The Morgan fingerprint density at radius 3 is 1.76 bits per heavy atom. The van der Waals surface area contributed by atoms with E-state index in [0.717, 1.165) is 38.5 Å². The minimum atomic E-state index is -4.23. The third-order valence-corrected chi connectivity index (χ3v) is 7.78. The van der Waals surface area contributed by atoms with Gasteiger partial charge in [0.25, 0.3) is 0 Å². The van der Waals surface area contributed by atoms with E-state index in [-0.39, 0.29) is 38.3 Å². The lowest BCUT2D eigenvalue weighted by Crippen LogP contribution is -2.29. The molecule has 0 aromatic carbocycles. The monoisotopic (exact) mass is 565 g/mol. The lowest BCUT2D eigenvalue weighted by Gasteiger charge is -2.21. The molecule has 8 nitrogen and oxygen atoms in total. The predicted molar refractivity (Wildman–Crippen MR) is 155 cm³/mol. The largest absolute Gasteiger partial charge is 0.472 e. The molecule has 0 amide bonds. The summed E-state index contributed by atoms with van der Waals surface area (Å²) in [5.74, 6) is -0.392. The maximum atomic E-state index is 12.5. The van der Waals surface area contributed by atoms with E-state index in [1.165, 1.54) is 77.0 Å². The van der Waals surface area contributed by atoms with Crippen LogP contribution in [-0.2, 0) is 27.9 Å². The molecule has 0 saturated carbocycles. The number of esters is 1. The Morgan fingerprint density at radius 2 is 1.26 bits per heavy atom. The van der Waals surface area contributed by atoms with Gasteiger partial charge in [-0.25, -0.2) is 4.57 Å². The molecule has 0 fully saturated rings. The Balaban J connectivity index is 4.19. The highest BCUT2D eigenvalue weighted by Gasteiger charge is 2.25. The van der Waals surface area contributed by atoms with Gasteiger partial charge >= 0.3 is 13.8 Å². The number of carbonyl (C=O) groups excluding carboxylic acids is 1. The van der Waals surface area contributed by atoms with Gasteiger partial charge in [-0.1, -0.05) is 117 Å². The maximum absolute atomic E-state index is 12.5. The molecule has 0 aliphatic heterocycles. The van der Waals surface area contributed by atoms with Crippen molar-refractivity contribution in [1.29, 1.82) is 0 Å². The van der Waals surface area contributed by atoms with Crippen molar-refractivity contribution in [3.05, 3.63) is 0 Å². The Labute approximate surface area is 233 Å². The number of phosphoric acid groups is 1. The maximum Gasteiger partial charge on any atom is 0.472 e. The summed E-state index contributed by atoms with van der Waals surface area (Å²) in [7, 11) is -4.23. The lowest BCUT2D eigenvalue weighted by molar-refractivity contribution is -0.154. The summed E-state index contributed by atoms with van der Waals surface area (Å²) in [6.45, 7) is 6.63. The van der Waals surface area contributed by atoms with Crippen LogP contribution in [0.15, 0.2) is 0 Å². The van der Waals surface area contributed by atoms with Crippen LogP contribution in [0.25, 0.3) is 0 Å². The van der Waals surface area contributed by atoms with Crippen LogP contribution < -0.4 is 5.73 Å². The highest BCUT2D eigenvalue weighted by Crippen LogP contribution is 2.43. The van der Waals surface area contributed by atoms with Gasteiger partial charge in [0.2, 0.25) is 0 Å². The molecule has 0 spiro atoms. The third kappa shape index (κ3) is 23.4. The summed E-state index contributed by atoms with van der Waals surface area (Å²) in [5.41, 5.74) is 5.32. The minimum Gasteiger partial charge on any atom is -0.463 e. The van der Waals surface area contributed by atoms with Crippen molar-refractivity contribution in [2.75, 3.05) is 33.0 Å². The molecule has 0 rings (SSSR count). The zero-order valence-corrected chi connectivity index (χ0v) is 25.7. The molecular weight excluding hydrogens is 505 g/mol.